The SMILES string of the molecule is CCCOc1cccc(C2C(=C(O)c3ccc(F)cc3)C(=O)C(=O)N2c2nnc(SCc3ccccc3F)s2)c1. The van der Waals surface area contributed by atoms with Crippen LogP contribution in [0, 0.1) is 11.6 Å². The number of halogens is 2. The minimum absolute atomic E-state index is 0.140. The van der Waals surface area contributed by atoms with Crippen LogP contribution in [0.5, 0.6) is 5.75 Å². The number of rotatable bonds is 9. The van der Waals surface area contributed by atoms with E-state index in [0.717, 1.165) is 29.9 Å². The van der Waals surface area contributed by atoms with Crippen LogP contribution in [0.3, 0.4) is 0 Å². The standard InChI is InChI=1S/C29H23F2N3O4S2/c1-2-14-38-21-8-5-7-18(15-21)24-23(25(35)17-10-12-20(30)13-11-17)26(36)27(37)34(24)28-32-33-29(40-28)39-16-19-6-3-4-9-22(19)31/h3-13,15,24,35H,2,14,16H2,1H3. The molecular weight excluding hydrogens is 556 g/mol. The van der Waals surface area contributed by atoms with E-state index in [2.05, 4.69) is 10.2 Å². The number of carbonyl (C=O) groups is 2. The second-order valence-corrected chi connectivity index (χ2v) is 11.0. The Morgan fingerprint density at radius 1 is 1.05 bits per heavy atom. The number of Topliss-reactive ketones (excluding diaryl/α,β-unsaturated/α-hetero) is 1. The summed E-state index contributed by atoms with van der Waals surface area (Å²) in [6.07, 6.45) is 0.783. The van der Waals surface area contributed by atoms with Crippen LogP contribution in [0.25, 0.3) is 5.76 Å². The van der Waals surface area contributed by atoms with E-state index in [-0.39, 0.29) is 22.1 Å². The molecule has 1 aromatic heterocycles. The Morgan fingerprint density at radius 3 is 2.58 bits per heavy atom. The van der Waals surface area contributed by atoms with Gasteiger partial charge in [-0.3, -0.25) is 14.5 Å². The fraction of sp³-hybridized carbons (Fsp3) is 0.172. The molecule has 40 heavy (non-hydrogen) atoms. The first-order valence-electron chi connectivity index (χ1n) is 12.4. The molecule has 1 aliphatic heterocycles. The minimum atomic E-state index is -1.05. The van der Waals surface area contributed by atoms with Gasteiger partial charge in [0.1, 0.15) is 23.1 Å². The van der Waals surface area contributed by atoms with Crippen molar-refractivity contribution in [1.29, 1.82) is 0 Å². The largest absolute Gasteiger partial charge is 0.507 e. The summed E-state index contributed by atoms with van der Waals surface area (Å²) in [7, 11) is 0. The maximum atomic E-state index is 14.1. The Labute approximate surface area is 237 Å². The number of aliphatic hydroxyl groups is 1. The first-order valence-corrected chi connectivity index (χ1v) is 14.2. The topological polar surface area (TPSA) is 92.6 Å². The molecule has 3 aromatic carbocycles. The van der Waals surface area contributed by atoms with E-state index < -0.39 is 29.3 Å². The fourth-order valence-corrected chi connectivity index (χ4v) is 6.07. The summed E-state index contributed by atoms with van der Waals surface area (Å²) < 4.78 is 33.9. The van der Waals surface area contributed by atoms with Gasteiger partial charge in [0.15, 0.2) is 4.34 Å². The van der Waals surface area contributed by atoms with E-state index in [1.165, 1.54) is 34.9 Å². The Kier molecular flexibility index (Phi) is 8.22. The number of ether oxygens (including phenoxy) is 1. The van der Waals surface area contributed by atoms with Gasteiger partial charge in [-0.25, -0.2) is 8.78 Å². The summed E-state index contributed by atoms with van der Waals surface area (Å²) >= 11 is 2.32. The Morgan fingerprint density at radius 2 is 1.82 bits per heavy atom. The van der Waals surface area contributed by atoms with Gasteiger partial charge in [-0.05, 0) is 60.0 Å². The number of hydrogen-bond donors (Lipinski definition) is 1. The van der Waals surface area contributed by atoms with Crippen molar-refractivity contribution in [2.24, 2.45) is 0 Å². The molecule has 4 aromatic rings. The molecule has 2 heterocycles. The van der Waals surface area contributed by atoms with Gasteiger partial charge in [0.25, 0.3) is 5.78 Å². The predicted molar refractivity (Wildman–Crippen MR) is 149 cm³/mol. The van der Waals surface area contributed by atoms with Crippen LogP contribution in [-0.4, -0.2) is 33.6 Å². The van der Waals surface area contributed by atoms with Crippen molar-refractivity contribution in [2.45, 2.75) is 29.5 Å². The number of nitrogens with zero attached hydrogens (tertiary/aromatic N) is 3. The molecule has 1 atom stereocenters. The molecule has 5 rings (SSSR count). The lowest BCUT2D eigenvalue weighted by atomic mass is 9.95. The van der Waals surface area contributed by atoms with Gasteiger partial charge in [-0.1, -0.05) is 60.4 Å². The van der Waals surface area contributed by atoms with Crippen LogP contribution in [0.2, 0.25) is 0 Å². The first kappa shape index (κ1) is 27.5. The molecule has 0 spiro atoms. The summed E-state index contributed by atoms with van der Waals surface area (Å²) in [6, 6.07) is 17.2. The summed E-state index contributed by atoms with van der Waals surface area (Å²) in [5, 5.41) is 19.7. The van der Waals surface area contributed by atoms with E-state index in [9.17, 15) is 23.5 Å². The van der Waals surface area contributed by atoms with Crippen LogP contribution in [0.15, 0.2) is 82.7 Å². The third-order valence-corrected chi connectivity index (χ3v) is 8.22. The number of amides is 1. The Hall–Kier alpha value is -4.09. The molecular formula is C29H23F2N3O4S2. The van der Waals surface area contributed by atoms with Gasteiger partial charge in [0, 0.05) is 11.3 Å². The average molecular weight is 580 g/mol. The third kappa shape index (κ3) is 5.61. The molecule has 1 N–H and O–H groups in total. The molecule has 1 aliphatic rings. The van der Waals surface area contributed by atoms with Gasteiger partial charge in [-0.2, -0.15) is 0 Å². The van der Waals surface area contributed by atoms with Gasteiger partial charge in [-0.15, -0.1) is 10.2 Å². The quantitative estimate of drug-likeness (QED) is 0.0793. The fourth-order valence-electron chi connectivity index (χ4n) is 4.22. The van der Waals surface area contributed by atoms with E-state index >= 15 is 0 Å². The number of aromatic nitrogens is 2. The normalized spacial score (nSPS) is 16.5. The number of thioether (sulfide) groups is 1. The van der Waals surface area contributed by atoms with Crippen molar-refractivity contribution in [1.82, 2.24) is 10.2 Å². The molecule has 0 bridgehead atoms. The van der Waals surface area contributed by atoms with E-state index in [1.54, 1.807) is 42.5 Å². The number of hydrogen-bond acceptors (Lipinski definition) is 8. The summed E-state index contributed by atoms with van der Waals surface area (Å²) in [6.45, 7) is 2.44. The lowest BCUT2D eigenvalue weighted by molar-refractivity contribution is -0.132. The van der Waals surface area contributed by atoms with Crippen molar-refractivity contribution in [3.8, 4) is 5.75 Å². The molecule has 0 saturated carbocycles. The lowest BCUT2D eigenvalue weighted by Gasteiger charge is -2.23. The highest BCUT2D eigenvalue weighted by atomic mass is 32.2. The maximum Gasteiger partial charge on any atom is 0.301 e. The van der Waals surface area contributed by atoms with Crippen LogP contribution < -0.4 is 9.64 Å². The molecule has 0 aliphatic carbocycles. The second kappa shape index (κ2) is 12.0. The van der Waals surface area contributed by atoms with Crippen LogP contribution in [0.1, 0.15) is 36.1 Å². The van der Waals surface area contributed by atoms with Crippen molar-refractivity contribution >= 4 is 45.7 Å². The summed E-state index contributed by atoms with van der Waals surface area (Å²) in [5.74, 6) is -2.27. The smallest absolute Gasteiger partial charge is 0.301 e. The zero-order valence-electron chi connectivity index (χ0n) is 21.2. The average Bonchev–Trinajstić information content (AvgIpc) is 3.53. The number of ketones is 1. The van der Waals surface area contributed by atoms with Gasteiger partial charge < -0.3 is 9.84 Å². The van der Waals surface area contributed by atoms with Gasteiger partial charge >= 0.3 is 5.91 Å². The number of benzene rings is 3. The zero-order valence-corrected chi connectivity index (χ0v) is 22.8. The highest BCUT2D eigenvalue weighted by molar-refractivity contribution is 8.00. The van der Waals surface area contributed by atoms with Crippen molar-refractivity contribution in [2.75, 3.05) is 11.5 Å². The Balaban J connectivity index is 1.55. The van der Waals surface area contributed by atoms with Crippen molar-refractivity contribution < 1.29 is 28.2 Å². The third-order valence-electron chi connectivity index (χ3n) is 6.12. The Bertz CT molecular complexity index is 1590. The van der Waals surface area contributed by atoms with Crippen LogP contribution in [-0.2, 0) is 15.3 Å². The second-order valence-electron chi connectivity index (χ2n) is 8.83. The van der Waals surface area contributed by atoms with Crippen LogP contribution >= 0.6 is 23.1 Å². The van der Waals surface area contributed by atoms with Crippen LogP contribution in [0.4, 0.5) is 13.9 Å². The number of aliphatic hydroxyl groups excluding tert-OH is 1. The van der Waals surface area contributed by atoms with Gasteiger partial charge in [0.2, 0.25) is 5.13 Å². The maximum absolute atomic E-state index is 14.1. The minimum Gasteiger partial charge on any atom is -0.507 e. The zero-order chi connectivity index (χ0) is 28.2. The number of carbonyl (C=O) groups excluding carboxylic acids is 2. The molecule has 204 valence electrons. The molecule has 1 saturated heterocycles. The molecule has 0 radical (unpaired) electrons. The lowest BCUT2D eigenvalue weighted by Crippen LogP contribution is -2.29. The molecule has 7 nitrogen and oxygen atoms in total. The summed E-state index contributed by atoms with van der Waals surface area (Å²) in [4.78, 5) is 28.0. The highest BCUT2D eigenvalue weighted by Gasteiger charge is 2.48. The summed E-state index contributed by atoms with van der Waals surface area (Å²) in [5.41, 5.74) is 1.02. The molecule has 11 heteroatoms. The molecule has 1 amide bonds. The van der Waals surface area contributed by atoms with Crippen molar-refractivity contribution in [3.63, 3.8) is 0 Å². The number of anilines is 1. The predicted octanol–water partition coefficient (Wildman–Crippen LogP) is 6.52. The van der Waals surface area contributed by atoms with E-state index in [0.29, 0.717) is 33.6 Å². The molecule has 1 fully saturated rings. The van der Waals surface area contributed by atoms with E-state index in [4.69, 9.17) is 4.74 Å². The van der Waals surface area contributed by atoms with Gasteiger partial charge in [0.05, 0.1) is 18.2 Å². The monoisotopic (exact) mass is 579 g/mol. The van der Waals surface area contributed by atoms with E-state index in [1.807, 2.05) is 6.92 Å². The highest BCUT2D eigenvalue weighted by Crippen LogP contribution is 2.44. The first-order chi connectivity index (χ1) is 19.4. The van der Waals surface area contributed by atoms with Crippen molar-refractivity contribution in [3.05, 3.63) is 107 Å². The molecule has 1 unspecified atom stereocenters.